The number of amides is 1. The Morgan fingerprint density at radius 3 is 2.38 bits per heavy atom. The fraction of sp³-hybridized carbons (Fsp3) is 0.867. The van der Waals surface area contributed by atoms with E-state index < -0.39 is 0 Å². The van der Waals surface area contributed by atoms with Gasteiger partial charge in [-0.2, -0.15) is 0 Å². The highest BCUT2D eigenvalue weighted by molar-refractivity contribution is 5.80. The van der Waals surface area contributed by atoms with Crippen molar-refractivity contribution in [2.45, 2.75) is 45.2 Å². The summed E-state index contributed by atoms with van der Waals surface area (Å²) in [5.41, 5.74) is 0. The quantitative estimate of drug-likeness (QED) is 0.577. The topological polar surface area (TPSA) is 60.0 Å². The van der Waals surface area contributed by atoms with Crippen LogP contribution in [0.15, 0.2) is 4.99 Å². The van der Waals surface area contributed by atoms with E-state index in [-0.39, 0.29) is 11.9 Å². The molecule has 1 heterocycles. The van der Waals surface area contributed by atoms with Gasteiger partial charge in [-0.15, -0.1) is 0 Å². The van der Waals surface area contributed by atoms with Crippen LogP contribution in [-0.4, -0.2) is 73.5 Å². The van der Waals surface area contributed by atoms with Crippen molar-refractivity contribution >= 4 is 11.9 Å². The molecule has 0 aromatic carbocycles. The zero-order valence-electron chi connectivity index (χ0n) is 13.6. The number of hydrogen-bond donors (Lipinski definition) is 2. The number of guanidine groups is 1. The first-order valence-corrected chi connectivity index (χ1v) is 8.08. The third-order valence-electron chi connectivity index (χ3n) is 4.14. The van der Waals surface area contributed by atoms with Crippen molar-refractivity contribution in [1.82, 2.24) is 20.4 Å². The molecule has 0 atom stereocenters. The Labute approximate surface area is 128 Å². The van der Waals surface area contributed by atoms with Gasteiger partial charge in [-0.3, -0.25) is 14.7 Å². The number of nitrogens with zero attached hydrogens (tertiary/aromatic N) is 3. The number of hydrogen-bond acceptors (Lipinski definition) is 3. The van der Waals surface area contributed by atoms with Gasteiger partial charge >= 0.3 is 0 Å². The fourth-order valence-corrected chi connectivity index (χ4v) is 2.72. The lowest BCUT2D eigenvalue weighted by Gasteiger charge is -2.38. The van der Waals surface area contributed by atoms with Crippen molar-refractivity contribution in [2.75, 3.05) is 39.8 Å². The Balaban J connectivity index is 1.72. The van der Waals surface area contributed by atoms with E-state index in [0.29, 0.717) is 12.6 Å². The second-order valence-corrected chi connectivity index (χ2v) is 6.30. The van der Waals surface area contributed by atoms with Gasteiger partial charge in [-0.05, 0) is 33.1 Å². The van der Waals surface area contributed by atoms with E-state index in [4.69, 9.17) is 0 Å². The summed E-state index contributed by atoms with van der Waals surface area (Å²) >= 11 is 0. The second-order valence-electron chi connectivity index (χ2n) is 6.30. The molecule has 0 radical (unpaired) electrons. The van der Waals surface area contributed by atoms with Gasteiger partial charge in [0.15, 0.2) is 5.96 Å². The number of piperazine rings is 1. The lowest BCUT2D eigenvalue weighted by atomic mass is 9.93. The Hall–Kier alpha value is -1.30. The Morgan fingerprint density at radius 2 is 1.90 bits per heavy atom. The summed E-state index contributed by atoms with van der Waals surface area (Å²) in [7, 11) is 1.85. The summed E-state index contributed by atoms with van der Waals surface area (Å²) in [5.74, 6) is 1.14. The molecule has 120 valence electrons. The number of carbonyl (C=O) groups is 1. The van der Waals surface area contributed by atoms with Crippen LogP contribution < -0.4 is 10.6 Å². The highest BCUT2D eigenvalue weighted by Crippen LogP contribution is 2.18. The van der Waals surface area contributed by atoms with Crippen molar-refractivity contribution < 1.29 is 4.79 Å². The van der Waals surface area contributed by atoms with Crippen LogP contribution in [0.5, 0.6) is 0 Å². The van der Waals surface area contributed by atoms with Crippen molar-refractivity contribution in [3.05, 3.63) is 0 Å². The first-order valence-electron chi connectivity index (χ1n) is 8.08. The molecule has 0 spiro atoms. The molecule has 6 nitrogen and oxygen atoms in total. The van der Waals surface area contributed by atoms with Crippen molar-refractivity contribution in [3.63, 3.8) is 0 Å². The molecule has 1 saturated heterocycles. The van der Waals surface area contributed by atoms with E-state index in [1.165, 1.54) is 19.3 Å². The normalized spacial score (nSPS) is 21.3. The van der Waals surface area contributed by atoms with Crippen LogP contribution in [0.4, 0.5) is 0 Å². The summed E-state index contributed by atoms with van der Waals surface area (Å²) < 4.78 is 0. The smallest absolute Gasteiger partial charge is 0.234 e. The second kappa shape index (κ2) is 7.64. The predicted molar refractivity (Wildman–Crippen MR) is 85.4 cm³/mol. The molecule has 6 heteroatoms. The van der Waals surface area contributed by atoms with Gasteiger partial charge in [0.2, 0.25) is 5.91 Å². The van der Waals surface area contributed by atoms with Crippen LogP contribution in [0.3, 0.4) is 0 Å². The number of nitrogens with one attached hydrogen (secondary N) is 2. The highest BCUT2D eigenvalue weighted by Gasteiger charge is 2.24. The molecular formula is C15H29N5O. The molecule has 2 aliphatic rings. The molecule has 21 heavy (non-hydrogen) atoms. The van der Waals surface area contributed by atoms with Gasteiger partial charge in [-0.1, -0.05) is 0 Å². The van der Waals surface area contributed by atoms with Crippen LogP contribution in [-0.2, 0) is 4.79 Å². The standard InChI is InChI=1S/C15H29N5O/c1-12(2)17-14(21)11-19-7-9-20(10-8-19)15(16-3)18-13-5-4-6-13/h12-13H,4-11H2,1-3H3,(H,16,18)(H,17,21). The summed E-state index contributed by atoms with van der Waals surface area (Å²) in [6.45, 7) is 8.18. The molecular weight excluding hydrogens is 266 g/mol. The summed E-state index contributed by atoms with van der Waals surface area (Å²) in [6, 6.07) is 0.822. The number of carbonyl (C=O) groups excluding carboxylic acids is 1. The summed E-state index contributed by atoms with van der Waals surface area (Å²) in [4.78, 5) is 20.7. The largest absolute Gasteiger partial charge is 0.354 e. The minimum atomic E-state index is 0.121. The maximum absolute atomic E-state index is 11.8. The molecule has 2 fully saturated rings. The molecule has 0 aromatic heterocycles. The molecule has 2 rings (SSSR count). The lowest BCUT2D eigenvalue weighted by Crippen LogP contribution is -2.56. The van der Waals surface area contributed by atoms with Crippen molar-refractivity contribution in [2.24, 2.45) is 4.99 Å². The van der Waals surface area contributed by atoms with E-state index in [1.807, 2.05) is 20.9 Å². The zero-order valence-corrected chi connectivity index (χ0v) is 13.6. The first kappa shape index (κ1) is 16.1. The average molecular weight is 295 g/mol. The van der Waals surface area contributed by atoms with Crippen LogP contribution in [0.2, 0.25) is 0 Å². The molecule has 1 saturated carbocycles. The molecule has 1 aliphatic heterocycles. The van der Waals surface area contributed by atoms with Gasteiger partial charge < -0.3 is 15.5 Å². The van der Waals surface area contributed by atoms with Gasteiger partial charge in [0.25, 0.3) is 0 Å². The van der Waals surface area contributed by atoms with Gasteiger partial charge in [0.05, 0.1) is 6.54 Å². The van der Waals surface area contributed by atoms with Crippen LogP contribution >= 0.6 is 0 Å². The van der Waals surface area contributed by atoms with E-state index in [2.05, 4.69) is 25.4 Å². The van der Waals surface area contributed by atoms with Gasteiger partial charge in [0, 0.05) is 45.3 Å². The molecule has 0 bridgehead atoms. The third-order valence-corrected chi connectivity index (χ3v) is 4.14. The number of rotatable bonds is 4. The van der Waals surface area contributed by atoms with Crippen LogP contribution in [0, 0.1) is 0 Å². The van der Waals surface area contributed by atoms with E-state index >= 15 is 0 Å². The van der Waals surface area contributed by atoms with Crippen LogP contribution in [0.1, 0.15) is 33.1 Å². The minimum Gasteiger partial charge on any atom is -0.354 e. The highest BCUT2D eigenvalue weighted by atomic mass is 16.2. The minimum absolute atomic E-state index is 0.121. The Bertz CT molecular complexity index is 370. The first-order chi connectivity index (χ1) is 10.1. The molecule has 1 aliphatic carbocycles. The van der Waals surface area contributed by atoms with Crippen molar-refractivity contribution in [3.8, 4) is 0 Å². The molecule has 1 amide bonds. The lowest BCUT2D eigenvalue weighted by molar-refractivity contribution is -0.123. The van der Waals surface area contributed by atoms with Crippen molar-refractivity contribution in [1.29, 1.82) is 0 Å². The summed E-state index contributed by atoms with van der Waals surface area (Å²) in [5, 5.41) is 6.48. The van der Waals surface area contributed by atoms with E-state index in [9.17, 15) is 4.79 Å². The molecule has 0 aromatic rings. The van der Waals surface area contributed by atoms with E-state index in [1.54, 1.807) is 0 Å². The third kappa shape index (κ3) is 4.88. The maximum atomic E-state index is 11.8. The van der Waals surface area contributed by atoms with Crippen LogP contribution in [0.25, 0.3) is 0 Å². The fourth-order valence-electron chi connectivity index (χ4n) is 2.72. The zero-order chi connectivity index (χ0) is 15.2. The SMILES string of the molecule is CN=C(NC1CCC1)N1CCN(CC(=O)NC(C)C)CC1. The Morgan fingerprint density at radius 1 is 1.24 bits per heavy atom. The monoisotopic (exact) mass is 295 g/mol. The maximum Gasteiger partial charge on any atom is 0.234 e. The Kier molecular flexibility index (Phi) is 5.85. The van der Waals surface area contributed by atoms with Gasteiger partial charge in [0.1, 0.15) is 0 Å². The summed E-state index contributed by atoms with van der Waals surface area (Å²) in [6.07, 6.45) is 3.84. The van der Waals surface area contributed by atoms with E-state index in [0.717, 1.165) is 32.1 Å². The molecule has 2 N–H and O–H groups in total. The number of aliphatic imine (C=N–C) groups is 1. The predicted octanol–water partition coefficient (Wildman–Crippen LogP) is 0.257. The average Bonchev–Trinajstić information content (AvgIpc) is 2.38. The molecule has 0 unspecified atom stereocenters. The van der Waals surface area contributed by atoms with Gasteiger partial charge in [-0.25, -0.2) is 0 Å².